The van der Waals surface area contributed by atoms with Crippen LogP contribution in [0.2, 0.25) is 0 Å². The molecule has 8 heteroatoms. The number of ether oxygens (including phenoxy) is 1. The zero-order chi connectivity index (χ0) is 25.0. The van der Waals surface area contributed by atoms with E-state index in [0.29, 0.717) is 43.2 Å². The molecule has 0 aromatic carbocycles. The van der Waals surface area contributed by atoms with E-state index >= 15 is 0 Å². The fourth-order valence-electron chi connectivity index (χ4n) is 4.25. The molecular weight excluding hydrogens is 450 g/mol. The molecule has 0 spiro atoms. The Morgan fingerprint density at radius 2 is 2.18 bits per heavy atom. The SMILES string of the molecule is C=C/C=C(\S)C(CC)(CCCCC)C(=O)OC1CC(=C)C1CCNCC(=O)NC1=NOCC=C1. The van der Waals surface area contributed by atoms with Crippen LogP contribution in [0.3, 0.4) is 0 Å². The molecule has 1 aliphatic heterocycles. The normalized spacial score (nSPS) is 21.6. The Morgan fingerprint density at radius 3 is 2.79 bits per heavy atom. The molecule has 1 saturated carbocycles. The second-order valence-corrected chi connectivity index (χ2v) is 9.26. The summed E-state index contributed by atoms with van der Waals surface area (Å²) >= 11 is 4.66. The molecule has 7 nitrogen and oxygen atoms in total. The monoisotopic (exact) mass is 489 g/mol. The van der Waals surface area contributed by atoms with Gasteiger partial charge in [-0.2, -0.15) is 0 Å². The van der Waals surface area contributed by atoms with Crippen molar-refractivity contribution < 1.29 is 19.2 Å². The van der Waals surface area contributed by atoms with Crippen LogP contribution in [0, 0.1) is 11.3 Å². The van der Waals surface area contributed by atoms with Gasteiger partial charge in [-0.3, -0.25) is 9.59 Å². The number of hydrogen-bond acceptors (Lipinski definition) is 7. The van der Waals surface area contributed by atoms with Crippen molar-refractivity contribution in [1.82, 2.24) is 10.6 Å². The first-order valence-corrected chi connectivity index (χ1v) is 12.6. The summed E-state index contributed by atoms with van der Waals surface area (Å²) in [5.74, 6) is 0.0623. The quantitative estimate of drug-likeness (QED) is 0.110. The van der Waals surface area contributed by atoms with Crippen molar-refractivity contribution >= 4 is 30.3 Å². The lowest BCUT2D eigenvalue weighted by molar-refractivity contribution is -0.165. The van der Waals surface area contributed by atoms with E-state index in [1.807, 2.05) is 6.92 Å². The predicted molar refractivity (Wildman–Crippen MR) is 139 cm³/mol. The van der Waals surface area contributed by atoms with E-state index in [1.54, 1.807) is 24.3 Å². The summed E-state index contributed by atoms with van der Waals surface area (Å²) < 4.78 is 6.03. The average Bonchev–Trinajstić information content (AvgIpc) is 2.82. The number of amidine groups is 1. The van der Waals surface area contributed by atoms with Gasteiger partial charge in [0.25, 0.3) is 0 Å². The number of hydrogen-bond donors (Lipinski definition) is 3. The van der Waals surface area contributed by atoms with Crippen LogP contribution in [-0.2, 0) is 19.2 Å². The molecule has 0 aromatic rings. The van der Waals surface area contributed by atoms with Gasteiger partial charge in [0.15, 0.2) is 5.84 Å². The standard InChI is InChI=1S/C26H39N3O4S/c1-5-8-9-14-26(7-3,22(34)11-6-2)25(31)33-21-17-19(4)20(21)13-15-27-18-24(30)28-23-12-10-16-32-29-23/h6,10-12,20-21,27,34H,2,4-5,7-9,13-18H2,1,3H3,(H,28,29,30)/b22-11-. The molecule has 1 heterocycles. The minimum atomic E-state index is -0.746. The Balaban J connectivity index is 1.87. The van der Waals surface area contributed by atoms with E-state index in [-0.39, 0.29) is 30.4 Å². The van der Waals surface area contributed by atoms with E-state index in [1.165, 1.54) is 0 Å². The zero-order valence-electron chi connectivity index (χ0n) is 20.5. The Bertz CT molecular complexity index is 836. The molecule has 3 unspecified atom stereocenters. The first kappa shape index (κ1) is 27.9. The van der Waals surface area contributed by atoms with Crippen molar-refractivity contribution in [2.45, 2.75) is 64.9 Å². The van der Waals surface area contributed by atoms with Gasteiger partial charge in [0.2, 0.25) is 5.91 Å². The van der Waals surface area contributed by atoms with E-state index in [2.05, 4.69) is 48.5 Å². The van der Waals surface area contributed by atoms with Crippen molar-refractivity contribution in [3.63, 3.8) is 0 Å². The van der Waals surface area contributed by atoms with Crippen LogP contribution < -0.4 is 10.6 Å². The zero-order valence-corrected chi connectivity index (χ0v) is 21.4. The predicted octanol–water partition coefficient (Wildman–Crippen LogP) is 4.45. The van der Waals surface area contributed by atoms with E-state index in [4.69, 9.17) is 9.57 Å². The highest BCUT2D eigenvalue weighted by atomic mass is 32.1. The number of carbonyl (C=O) groups is 2. The molecule has 1 fully saturated rings. The molecule has 0 aromatic heterocycles. The van der Waals surface area contributed by atoms with Crippen molar-refractivity contribution in [3.05, 3.63) is 47.9 Å². The first-order valence-electron chi connectivity index (χ1n) is 12.2. The smallest absolute Gasteiger partial charge is 0.317 e. The number of rotatable bonds is 14. The maximum Gasteiger partial charge on any atom is 0.317 e. The van der Waals surface area contributed by atoms with Crippen LogP contribution in [0.5, 0.6) is 0 Å². The lowest BCUT2D eigenvalue weighted by Gasteiger charge is -2.41. The summed E-state index contributed by atoms with van der Waals surface area (Å²) in [5, 5.41) is 9.57. The van der Waals surface area contributed by atoms with Crippen LogP contribution >= 0.6 is 12.6 Å². The molecule has 0 radical (unpaired) electrons. The van der Waals surface area contributed by atoms with Gasteiger partial charge < -0.3 is 20.2 Å². The third kappa shape index (κ3) is 7.60. The molecule has 34 heavy (non-hydrogen) atoms. The number of nitrogens with zero attached hydrogens (tertiary/aromatic N) is 1. The first-order chi connectivity index (χ1) is 16.4. The summed E-state index contributed by atoms with van der Waals surface area (Å²) in [6.45, 7) is 13.2. The van der Waals surface area contributed by atoms with Gasteiger partial charge in [0, 0.05) is 12.3 Å². The average molecular weight is 490 g/mol. The molecule has 1 amide bonds. The third-order valence-corrected chi connectivity index (χ3v) is 7.03. The molecule has 0 saturated heterocycles. The maximum atomic E-state index is 13.4. The van der Waals surface area contributed by atoms with Crippen molar-refractivity contribution in [3.8, 4) is 0 Å². The van der Waals surface area contributed by atoms with Crippen LogP contribution in [0.15, 0.2) is 53.1 Å². The van der Waals surface area contributed by atoms with E-state index in [9.17, 15) is 9.59 Å². The van der Waals surface area contributed by atoms with Crippen LogP contribution in [0.4, 0.5) is 0 Å². The van der Waals surface area contributed by atoms with Crippen molar-refractivity contribution in [2.75, 3.05) is 19.7 Å². The Kier molecular flexibility index (Phi) is 11.6. The van der Waals surface area contributed by atoms with Gasteiger partial charge in [-0.1, -0.05) is 69.1 Å². The van der Waals surface area contributed by atoms with Gasteiger partial charge in [0.05, 0.1) is 12.0 Å². The Labute approximate surface area is 209 Å². The summed E-state index contributed by atoms with van der Waals surface area (Å²) in [6, 6.07) is 0. The number of allylic oxidation sites excluding steroid dienone is 2. The third-order valence-electron chi connectivity index (χ3n) is 6.46. The van der Waals surface area contributed by atoms with Gasteiger partial charge in [-0.05, 0) is 42.9 Å². The fraction of sp³-hybridized carbons (Fsp3) is 0.577. The summed E-state index contributed by atoms with van der Waals surface area (Å²) in [6.07, 6.45) is 12.6. The lowest BCUT2D eigenvalue weighted by atomic mass is 9.74. The highest BCUT2D eigenvalue weighted by molar-refractivity contribution is 7.84. The summed E-state index contributed by atoms with van der Waals surface area (Å²) in [7, 11) is 0. The van der Waals surface area contributed by atoms with Crippen LogP contribution in [0.1, 0.15) is 58.8 Å². The highest BCUT2D eigenvalue weighted by Gasteiger charge is 2.44. The van der Waals surface area contributed by atoms with Crippen molar-refractivity contribution in [1.29, 1.82) is 0 Å². The second-order valence-electron chi connectivity index (χ2n) is 8.78. The minimum Gasteiger partial charge on any atom is -0.461 e. The highest BCUT2D eigenvalue weighted by Crippen LogP contribution is 2.44. The Hall–Kier alpha value is -2.32. The van der Waals surface area contributed by atoms with Gasteiger partial charge in [-0.15, -0.1) is 12.6 Å². The second kappa shape index (κ2) is 14.2. The number of oxime groups is 1. The summed E-state index contributed by atoms with van der Waals surface area (Å²) in [4.78, 5) is 31.0. The number of amides is 1. The minimum absolute atomic E-state index is 0.0792. The molecule has 2 aliphatic rings. The van der Waals surface area contributed by atoms with Gasteiger partial charge in [-0.25, -0.2) is 0 Å². The number of carbonyl (C=O) groups excluding carboxylic acids is 2. The molecule has 3 atom stereocenters. The molecule has 0 bridgehead atoms. The van der Waals surface area contributed by atoms with Crippen LogP contribution in [0.25, 0.3) is 0 Å². The lowest BCUT2D eigenvalue weighted by Crippen LogP contribution is -2.44. The molecule has 188 valence electrons. The number of unbranched alkanes of at least 4 members (excludes halogenated alkanes) is 2. The number of thiol groups is 1. The molecular formula is C26H39N3O4S. The summed E-state index contributed by atoms with van der Waals surface area (Å²) in [5.41, 5.74) is 0.327. The number of esters is 1. The Morgan fingerprint density at radius 1 is 1.38 bits per heavy atom. The van der Waals surface area contributed by atoms with E-state index in [0.717, 1.165) is 31.3 Å². The topological polar surface area (TPSA) is 89.0 Å². The van der Waals surface area contributed by atoms with Gasteiger partial charge in [0.1, 0.15) is 12.7 Å². The largest absolute Gasteiger partial charge is 0.461 e. The fourth-order valence-corrected chi connectivity index (χ4v) is 4.72. The maximum absolute atomic E-state index is 13.4. The van der Waals surface area contributed by atoms with Crippen LogP contribution in [-0.4, -0.2) is 43.5 Å². The molecule has 2 N–H and O–H groups in total. The number of nitrogens with one attached hydrogen (secondary N) is 2. The van der Waals surface area contributed by atoms with E-state index < -0.39 is 5.41 Å². The van der Waals surface area contributed by atoms with Gasteiger partial charge >= 0.3 is 5.97 Å². The molecule has 2 rings (SSSR count). The van der Waals surface area contributed by atoms with Crippen molar-refractivity contribution in [2.24, 2.45) is 16.5 Å². The molecule has 1 aliphatic carbocycles.